The lowest BCUT2D eigenvalue weighted by Crippen LogP contribution is -2.29. The summed E-state index contributed by atoms with van der Waals surface area (Å²) in [5, 5.41) is 0. The van der Waals surface area contributed by atoms with Crippen molar-refractivity contribution in [2.24, 2.45) is 0 Å². The summed E-state index contributed by atoms with van der Waals surface area (Å²) in [7, 11) is 0. The molecule has 1 aliphatic rings. The first-order chi connectivity index (χ1) is 14.8. The third kappa shape index (κ3) is 3.81. The molecule has 0 saturated carbocycles. The molecule has 1 heterocycles. The van der Waals surface area contributed by atoms with Gasteiger partial charge >= 0.3 is 5.97 Å². The number of ketones is 1. The molecule has 0 radical (unpaired) electrons. The Kier molecular flexibility index (Phi) is 5.09. The van der Waals surface area contributed by atoms with Gasteiger partial charge in [0.05, 0.1) is 22.4 Å². The molecule has 0 aromatic heterocycles. The van der Waals surface area contributed by atoms with Crippen molar-refractivity contribution in [1.29, 1.82) is 0 Å². The van der Waals surface area contributed by atoms with Gasteiger partial charge in [0.15, 0.2) is 12.4 Å². The molecule has 0 unspecified atom stereocenters. The zero-order chi connectivity index (χ0) is 22.1. The van der Waals surface area contributed by atoms with Gasteiger partial charge in [-0.25, -0.2) is 9.69 Å². The maximum Gasteiger partial charge on any atom is 0.338 e. The summed E-state index contributed by atoms with van der Waals surface area (Å²) in [5.41, 5.74) is 8.25. The zero-order valence-corrected chi connectivity index (χ0v) is 16.6. The number of fused-ring (bicyclic) bond motifs is 1. The fourth-order valence-corrected chi connectivity index (χ4v) is 3.34. The van der Waals surface area contributed by atoms with E-state index < -0.39 is 24.4 Å². The van der Waals surface area contributed by atoms with Gasteiger partial charge in [0.2, 0.25) is 0 Å². The number of hydrogen-bond donors (Lipinski definition) is 1. The number of carbonyl (C=O) groups excluding carboxylic acids is 4. The molecule has 0 saturated heterocycles. The first kappa shape index (κ1) is 20.0. The lowest BCUT2D eigenvalue weighted by Gasteiger charge is -2.14. The van der Waals surface area contributed by atoms with E-state index >= 15 is 0 Å². The molecule has 1 aliphatic heterocycles. The Bertz CT molecular complexity index is 1230. The molecule has 0 bridgehead atoms. The quantitative estimate of drug-likeness (QED) is 0.297. The number of nitrogen functional groups attached to an aromatic ring is 1. The molecule has 0 spiro atoms. The van der Waals surface area contributed by atoms with Crippen molar-refractivity contribution in [3.63, 3.8) is 0 Å². The molecule has 7 nitrogen and oxygen atoms in total. The Morgan fingerprint density at radius 3 is 2.26 bits per heavy atom. The fraction of sp³-hybridized carbons (Fsp3) is 0.0833. The molecule has 3 aromatic carbocycles. The summed E-state index contributed by atoms with van der Waals surface area (Å²) >= 11 is 0. The second-order valence-electron chi connectivity index (χ2n) is 7.17. The largest absolute Gasteiger partial charge is 0.454 e. The van der Waals surface area contributed by atoms with Crippen molar-refractivity contribution in [3.05, 3.63) is 94.5 Å². The van der Waals surface area contributed by atoms with Gasteiger partial charge in [-0.05, 0) is 67.1 Å². The Morgan fingerprint density at radius 1 is 0.871 bits per heavy atom. The van der Waals surface area contributed by atoms with Gasteiger partial charge in [0, 0.05) is 11.3 Å². The van der Waals surface area contributed by atoms with Gasteiger partial charge in [-0.1, -0.05) is 12.1 Å². The molecule has 0 fully saturated rings. The molecule has 2 N–H and O–H groups in total. The molecular formula is C24H18N2O5. The number of hydrogen-bond acceptors (Lipinski definition) is 6. The molecule has 0 atom stereocenters. The van der Waals surface area contributed by atoms with E-state index in [9.17, 15) is 19.2 Å². The summed E-state index contributed by atoms with van der Waals surface area (Å²) in [6, 6.07) is 17.4. The Morgan fingerprint density at radius 2 is 1.55 bits per heavy atom. The van der Waals surface area contributed by atoms with Crippen LogP contribution in [0, 0.1) is 6.92 Å². The van der Waals surface area contributed by atoms with Crippen molar-refractivity contribution >= 4 is 34.9 Å². The summed E-state index contributed by atoms with van der Waals surface area (Å²) in [4.78, 5) is 51.3. The molecule has 2 amide bonds. The predicted molar refractivity (Wildman–Crippen MR) is 114 cm³/mol. The molecule has 4 rings (SSSR count). The topological polar surface area (TPSA) is 107 Å². The van der Waals surface area contributed by atoms with E-state index in [0.29, 0.717) is 16.9 Å². The third-order valence-corrected chi connectivity index (χ3v) is 4.95. The minimum Gasteiger partial charge on any atom is -0.454 e. The maximum absolute atomic E-state index is 12.9. The van der Waals surface area contributed by atoms with Gasteiger partial charge in [-0.2, -0.15) is 0 Å². The maximum atomic E-state index is 12.9. The second-order valence-corrected chi connectivity index (χ2v) is 7.17. The number of anilines is 2. The number of benzene rings is 3. The van der Waals surface area contributed by atoms with E-state index in [-0.39, 0.29) is 22.5 Å². The van der Waals surface area contributed by atoms with Gasteiger partial charge in [-0.15, -0.1) is 0 Å². The van der Waals surface area contributed by atoms with E-state index in [1.54, 1.807) is 42.5 Å². The van der Waals surface area contributed by atoms with Crippen LogP contribution in [0.5, 0.6) is 0 Å². The highest BCUT2D eigenvalue weighted by molar-refractivity contribution is 6.34. The lowest BCUT2D eigenvalue weighted by atomic mass is 10.1. The van der Waals surface area contributed by atoms with Crippen LogP contribution >= 0.6 is 0 Å². The highest BCUT2D eigenvalue weighted by Gasteiger charge is 2.37. The van der Waals surface area contributed by atoms with Crippen molar-refractivity contribution < 1.29 is 23.9 Å². The van der Waals surface area contributed by atoms with Crippen LogP contribution in [0.3, 0.4) is 0 Å². The van der Waals surface area contributed by atoms with Crippen molar-refractivity contribution in [2.75, 3.05) is 17.2 Å². The van der Waals surface area contributed by atoms with Crippen LogP contribution in [0.2, 0.25) is 0 Å². The number of Topliss-reactive ketones (excluding diaryl/α,β-unsaturated/α-hetero) is 1. The number of imide groups is 1. The minimum absolute atomic E-state index is 0.0797. The van der Waals surface area contributed by atoms with Crippen LogP contribution in [0.4, 0.5) is 11.4 Å². The van der Waals surface area contributed by atoms with Crippen LogP contribution in [0.25, 0.3) is 0 Å². The Balaban J connectivity index is 1.51. The standard InChI is InChI=1S/C24H18N2O5/c1-14-3-2-4-18(11-14)26-22(28)19-10-7-16(12-20(19)23(26)29)24(30)31-13-21(27)15-5-8-17(25)9-6-15/h2-12H,13,25H2,1H3. The summed E-state index contributed by atoms with van der Waals surface area (Å²) < 4.78 is 5.09. The van der Waals surface area contributed by atoms with Crippen LogP contribution in [0.15, 0.2) is 66.7 Å². The molecular weight excluding hydrogens is 396 g/mol. The van der Waals surface area contributed by atoms with E-state index in [4.69, 9.17) is 10.5 Å². The number of carbonyl (C=O) groups is 4. The Labute approximate surface area is 178 Å². The highest BCUT2D eigenvalue weighted by atomic mass is 16.5. The fourth-order valence-electron chi connectivity index (χ4n) is 3.34. The van der Waals surface area contributed by atoms with Gasteiger partial charge < -0.3 is 10.5 Å². The van der Waals surface area contributed by atoms with Crippen molar-refractivity contribution in [2.45, 2.75) is 6.92 Å². The van der Waals surface area contributed by atoms with E-state index in [0.717, 1.165) is 10.5 Å². The molecule has 31 heavy (non-hydrogen) atoms. The SMILES string of the molecule is Cc1cccc(N2C(=O)c3ccc(C(=O)OCC(=O)c4ccc(N)cc4)cc3C2=O)c1. The average Bonchev–Trinajstić information content (AvgIpc) is 3.02. The third-order valence-electron chi connectivity index (χ3n) is 4.95. The number of esters is 1. The first-order valence-corrected chi connectivity index (χ1v) is 9.50. The molecule has 154 valence electrons. The average molecular weight is 414 g/mol. The van der Waals surface area contributed by atoms with Gasteiger partial charge in [0.25, 0.3) is 11.8 Å². The zero-order valence-electron chi connectivity index (χ0n) is 16.6. The van der Waals surface area contributed by atoms with Crippen LogP contribution in [0.1, 0.15) is 47.0 Å². The highest BCUT2D eigenvalue weighted by Crippen LogP contribution is 2.29. The van der Waals surface area contributed by atoms with Crippen molar-refractivity contribution in [1.82, 2.24) is 0 Å². The molecule has 0 aliphatic carbocycles. The lowest BCUT2D eigenvalue weighted by molar-refractivity contribution is 0.0474. The minimum atomic E-state index is -0.763. The van der Waals surface area contributed by atoms with E-state index in [1.165, 1.54) is 18.2 Å². The number of nitrogens with zero attached hydrogens (tertiary/aromatic N) is 1. The predicted octanol–water partition coefficient (Wildman–Crippen LogP) is 3.42. The monoisotopic (exact) mass is 414 g/mol. The Hall–Kier alpha value is -4.26. The van der Waals surface area contributed by atoms with Gasteiger partial charge in [-0.3, -0.25) is 14.4 Å². The number of rotatable bonds is 5. The van der Waals surface area contributed by atoms with Crippen molar-refractivity contribution in [3.8, 4) is 0 Å². The normalized spacial score (nSPS) is 12.6. The van der Waals surface area contributed by atoms with Crippen LogP contribution in [-0.2, 0) is 4.74 Å². The second kappa shape index (κ2) is 7.87. The summed E-state index contributed by atoms with van der Waals surface area (Å²) in [6.45, 7) is 1.41. The number of nitrogens with two attached hydrogens (primary N) is 1. The number of aryl methyl sites for hydroxylation is 1. The van der Waals surface area contributed by atoms with E-state index in [1.807, 2.05) is 13.0 Å². The van der Waals surface area contributed by atoms with E-state index in [2.05, 4.69) is 0 Å². The first-order valence-electron chi connectivity index (χ1n) is 9.50. The summed E-state index contributed by atoms with van der Waals surface area (Å²) in [5.74, 6) is -2.12. The van der Waals surface area contributed by atoms with Crippen LogP contribution in [-0.4, -0.2) is 30.2 Å². The smallest absolute Gasteiger partial charge is 0.338 e. The summed E-state index contributed by atoms with van der Waals surface area (Å²) in [6.07, 6.45) is 0. The van der Waals surface area contributed by atoms with Crippen LogP contribution < -0.4 is 10.6 Å². The van der Waals surface area contributed by atoms with Gasteiger partial charge in [0.1, 0.15) is 0 Å². The molecule has 3 aromatic rings. The number of amides is 2. The number of ether oxygens (including phenoxy) is 1. The molecule has 7 heteroatoms.